The van der Waals surface area contributed by atoms with Gasteiger partial charge in [-0.3, -0.25) is 0 Å². The Hall–Kier alpha value is 0.140. The van der Waals surface area contributed by atoms with Gasteiger partial charge in [0.1, 0.15) is 0 Å². The van der Waals surface area contributed by atoms with Crippen molar-refractivity contribution in [1.82, 2.24) is 0 Å². The van der Waals surface area contributed by atoms with Crippen LogP contribution in [-0.4, -0.2) is 11.9 Å². The summed E-state index contributed by atoms with van der Waals surface area (Å²) in [5, 5.41) is 3.11. The molecule has 1 aromatic rings. The molecule has 1 atom stereocenters. The molecule has 80 valence electrons. The lowest BCUT2D eigenvalue weighted by atomic mass is 9.99. The van der Waals surface area contributed by atoms with E-state index in [9.17, 15) is 0 Å². The van der Waals surface area contributed by atoms with Crippen molar-refractivity contribution in [2.45, 2.75) is 20.5 Å². The van der Waals surface area contributed by atoms with Gasteiger partial charge in [0.2, 0.25) is 0 Å². The zero-order valence-electron chi connectivity index (χ0n) is 8.70. The standard InChI is InChI=1S/C11H17BrOS/c1-9(2)10(6-12)7-13-8-11-4-3-5-14-11/h3-5,9-10H,6-8H2,1-2H3. The van der Waals surface area contributed by atoms with Crippen LogP contribution in [0.1, 0.15) is 18.7 Å². The van der Waals surface area contributed by atoms with Gasteiger partial charge in [-0.1, -0.05) is 35.8 Å². The minimum atomic E-state index is 0.620. The van der Waals surface area contributed by atoms with Gasteiger partial charge in [0, 0.05) is 10.2 Å². The Kier molecular flexibility index (Phi) is 5.75. The maximum absolute atomic E-state index is 5.67. The van der Waals surface area contributed by atoms with Gasteiger partial charge in [0.15, 0.2) is 0 Å². The summed E-state index contributed by atoms with van der Waals surface area (Å²) in [5.74, 6) is 1.30. The lowest BCUT2D eigenvalue weighted by Crippen LogP contribution is -2.17. The Labute approximate surface area is 98.6 Å². The molecule has 0 spiro atoms. The third-order valence-corrected chi connectivity index (χ3v) is 3.98. The van der Waals surface area contributed by atoms with E-state index in [0.29, 0.717) is 11.8 Å². The van der Waals surface area contributed by atoms with Crippen LogP contribution in [0.5, 0.6) is 0 Å². The summed E-state index contributed by atoms with van der Waals surface area (Å²) in [6.07, 6.45) is 0. The fourth-order valence-corrected chi connectivity index (χ4v) is 2.70. The molecule has 0 aliphatic rings. The number of halogens is 1. The van der Waals surface area contributed by atoms with E-state index in [-0.39, 0.29) is 0 Å². The zero-order valence-corrected chi connectivity index (χ0v) is 11.1. The van der Waals surface area contributed by atoms with Gasteiger partial charge in [-0.25, -0.2) is 0 Å². The molecule has 14 heavy (non-hydrogen) atoms. The van der Waals surface area contributed by atoms with E-state index >= 15 is 0 Å². The van der Waals surface area contributed by atoms with Crippen LogP contribution in [0.4, 0.5) is 0 Å². The Morgan fingerprint density at radius 3 is 2.79 bits per heavy atom. The van der Waals surface area contributed by atoms with Crippen LogP contribution >= 0.6 is 27.3 Å². The fourth-order valence-electron chi connectivity index (χ4n) is 1.12. The monoisotopic (exact) mass is 276 g/mol. The van der Waals surface area contributed by atoms with Gasteiger partial charge >= 0.3 is 0 Å². The maximum atomic E-state index is 5.67. The average molecular weight is 277 g/mol. The van der Waals surface area contributed by atoms with Crippen molar-refractivity contribution in [3.05, 3.63) is 22.4 Å². The fraction of sp³-hybridized carbons (Fsp3) is 0.636. The lowest BCUT2D eigenvalue weighted by molar-refractivity contribution is 0.0817. The van der Waals surface area contributed by atoms with E-state index in [1.165, 1.54) is 4.88 Å². The van der Waals surface area contributed by atoms with Gasteiger partial charge in [0.05, 0.1) is 13.2 Å². The molecule has 0 bridgehead atoms. The number of rotatable bonds is 6. The summed E-state index contributed by atoms with van der Waals surface area (Å²) < 4.78 is 5.67. The molecule has 0 aliphatic heterocycles. The Balaban J connectivity index is 2.20. The highest BCUT2D eigenvalue weighted by Gasteiger charge is 2.11. The summed E-state index contributed by atoms with van der Waals surface area (Å²) in [6, 6.07) is 4.18. The molecule has 1 rings (SSSR count). The predicted molar refractivity (Wildman–Crippen MR) is 66.1 cm³/mol. The van der Waals surface area contributed by atoms with Gasteiger partial charge in [0.25, 0.3) is 0 Å². The third-order valence-electron chi connectivity index (χ3n) is 2.30. The number of hydrogen-bond donors (Lipinski definition) is 0. The first-order valence-corrected chi connectivity index (χ1v) is 6.90. The minimum Gasteiger partial charge on any atom is -0.376 e. The van der Waals surface area contributed by atoms with E-state index < -0.39 is 0 Å². The second-order valence-corrected chi connectivity index (χ2v) is 5.43. The van der Waals surface area contributed by atoms with Gasteiger partial charge in [-0.15, -0.1) is 11.3 Å². The smallest absolute Gasteiger partial charge is 0.0809 e. The van der Waals surface area contributed by atoms with Crippen LogP contribution in [0, 0.1) is 11.8 Å². The highest BCUT2D eigenvalue weighted by atomic mass is 79.9. The Morgan fingerprint density at radius 2 is 2.29 bits per heavy atom. The van der Waals surface area contributed by atoms with Crippen LogP contribution in [0.3, 0.4) is 0 Å². The van der Waals surface area contributed by atoms with Crippen molar-refractivity contribution in [2.75, 3.05) is 11.9 Å². The summed E-state index contributed by atoms with van der Waals surface area (Å²) in [4.78, 5) is 1.31. The highest BCUT2D eigenvalue weighted by molar-refractivity contribution is 9.09. The summed E-state index contributed by atoms with van der Waals surface area (Å²) in [5.41, 5.74) is 0. The van der Waals surface area contributed by atoms with Crippen LogP contribution < -0.4 is 0 Å². The SMILES string of the molecule is CC(C)C(CBr)COCc1cccs1. The third kappa shape index (κ3) is 4.11. The molecule has 0 saturated carbocycles. The van der Waals surface area contributed by atoms with Gasteiger partial charge in [-0.2, -0.15) is 0 Å². The molecule has 0 aromatic carbocycles. The molecule has 0 saturated heterocycles. The number of hydrogen-bond acceptors (Lipinski definition) is 2. The molecule has 0 aliphatic carbocycles. The molecular weight excluding hydrogens is 260 g/mol. The van der Waals surface area contributed by atoms with Crippen LogP contribution in [-0.2, 0) is 11.3 Å². The highest BCUT2D eigenvalue weighted by Crippen LogP contribution is 2.16. The van der Waals surface area contributed by atoms with Crippen molar-refractivity contribution < 1.29 is 4.74 Å². The van der Waals surface area contributed by atoms with E-state index in [2.05, 4.69) is 47.3 Å². The van der Waals surface area contributed by atoms with Gasteiger partial charge in [-0.05, 0) is 23.3 Å². The zero-order chi connectivity index (χ0) is 10.4. The molecular formula is C11H17BrOS. The first-order chi connectivity index (χ1) is 6.74. The number of ether oxygens (including phenoxy) is 1. The number of thiophene rings is 1. The second kappa shape index (κ2) is 6.59. The molecule has 3 heteroatoms. The molecule has 0 amide bonds. The average Bonchev–Trinajstić information content (AvgIpc) is 2.64. The Bertz CT molecular complexity index is 233. The van der Waals surface area contributed by atoms with Crippen LogP contribution in [0.2, 0.25) is 0 Å². The first kappa shape index (κ1) is 12.2. The molecule has 0 radical (unpaired) electrons. The summed E-state index contributed by atoms with van der Waals surface area (Å²) in [7, 11) is 0. The van der Waals surface area contributed by atoms with E-state index in [1.54, 1.807) is 11.3 Å². The van der Waals surface area contributed by atoms with Crippen LogP contribution in [0.15, 0.2) is 17.5 Å². The van der Waals surface area contributed by atoms with E-state index in [0.717, 1.165) is 18.5 Å². The van der Waals surface area contributed by atoms with Crippen LogP contribution in [0.25, 0.3) is 0 Å². The second-order valence-electron chi connectivity index (χ2n) is 3.75. The quantitative estimate of drug-likeness (QED) is 0.716. The van der Waals surface area contributed by atoms with Crippen molar-refractivity contribution in [2.24, 2.45) is 11.8 Å². The summed E-state index contributed by atoms with van der Waals surface area (Å²) in [6.45, 7) is 6.08. The normalized spacial score (nSPS) is 13.4. The minimum absolute atomic E-state index is 0.620. The molecule has 0 fully saturated rings. The lowest BCUT2D eigenvalue weighted by Gasteiger charge is -2.17. The van der Waals surface area contributed by atoms with Gasteiger partial charge < -0.3 is 4.74 Å². The topological polar surface area (TPSA) is 9.23 Å². The predicted octanol–water partition coefficient (Wildman–Crippen LogP) is 3.93. The molecule has 1 heterocycles. The van der Waals surface area contributed by atoms with Crippen molar-refractivity contribution in [3.63, 3.8) is 0 Å². The molecule has 1 unspecified atom stereocenters. The molecule has 0 N–H and O–H groups in total. The van der Waals surface area contributed by atoms with Crippen molar-refractivity contribution in [3.8, 4) is 0 Å². The number of alkyl halides is 1. The van der Waals surface area contributed by atoms with Crippen molar-refractivity contribution in [1.29, 1.82) is 0 Å². The largest absolute Gasteiger partial charge is 0.376 e. The van der Waals surface area contributed by atoms with Crippen molar-refractivity contribution >= 4 is 27.3 Å². The summed E-state index contributed by atoms with van der Waals surface area (Å²) >= 11 is 5.27. The molecule has 1 nitrogen and oxygen atoms in total. The molecule has 1 aromatic heterocycles. The van der Waals surface area contributed by atoms with E-state index in [4.69, 9.17) is 4.74 Å². The Morgan fingerprint density at radius 1 is 1.50 bits per heavy atom. The first-order valence-electron chi connectivity index (χ1n) is 4.90. The maximum Gasteiger partial charge on any atom is 0.0809 e. The van der Waals surface area contributed by atoms with E-state index in [1.807, 2.05) is 0 Å².